The number of aryl methyl sites for hydroxylation is 1. The second-order valence-corrected chi connectivity index (χ2v) is 6.45. The average Bonchev–Trinajstić information content (AvgIpc) is 2.74. The Bertz CT molecular complexity index is 974. The first-order valence-electron chi connectivity index (χ1n) is 9.26. The highest BCUT2D eigenvalue weighted by Crippen LogP contribution is 2.25. The van der Waals surface area contributed by atoms with Crippen molar-refractivity contribution in [3.8, 4) is 11.5 Å². The number of hydrogen-bond donors (Lipinski definition) is 2. The van der Waals surface area contributed by atoms with Crippen LogP contribution in [0.3, 0.4) is 0 Å². The van der Waals surface area contributed by atoms with Crippen LogP contribution in [-0.4, -0.2) is 36.9 Å². The minimum absolute atomic E-state index is 0.226. The van der Waals surface area contributed by atoms with Crippen LogP contribution < -0.4 is 20.1 Å². The Morgan fingerprint density at radius 1 is 0.966 bits per heavy atom. The van der Waals surface area contributed by atoms with Gasteiger partial charge in [0, 0.05) is 6.54 Å². The molecule has 0 aliphatic heterocycles. The van der Waals surface area contributed by atoms with Crippen molar-refractivity contribution in [2.24, 2.45) is 0 Å². The number of ether oxygens (including phenoxy) is 2. The fraction of sp³-hybridized carbons (Fsp3) is 0.227. The first-order valence-corrected chi connectivity index (χ1v) is 9.26. The first kappa shape index (κ1) is 20.1. The Kier molecular flexibility index (Phi) is 6.63. The van der Waals surface area contributed by atoms with Crippen LogP contribution in [0.2, 0.25) is 0 Å². The van der Waals surface area contributed by atoms with Gasteiger partial charge in [0.2, 0.25) is 0 Å². The number of amides is 1. The molecule has 2 N–H and O–H groups in total. The molecule has 0 radical (unpaired) electrons. The van der Waals surface area contributed by atoms with Crippen LogP contribution in [0.4, 0.5) is 11.5 Å². The second kappa shape index (κ2) is 9.54. The summed E-state index contributed by atoms with van der Waals surface area (Å²) in [6.45, 7) is 2.61. The molecule has 3 aromatic rings. The van der Waals surface area contributed by atoms with E-state index >= 15 is 0 Å². The largest absolute Gasteiger partial charge is 0.496 e. The molecule has 0 unspecified atom stereocenters. The molecule has 1 heterocycles. The molecule has 0 aliphatic carbocycles. The topological polar surface area (TPSA) is 85.4 Å². The molecule has 0 atom stereocenters. The summed E-state index contributed by atoms with van der Waals surface area (Å²) in [7, 11) is 3.22. The van der Waals surface area contributed by atoms with Gasteiger partial charge in [-0.25, -0.2) is 0 Å². The first-order chi connectivity index (χ1) is 14.1. The number of rotatable bonds is 8. The van der Waals surface area contributed by atoms with Gasteiger partial charge >= 0.3 is 0 Å². The number of benzene rings is 2. The van der Waals surface area contributed by atoms with Crippen LogP contribution in [-0.2, 0) is 6.42 Å². The molecule has 29 heavy (non-hydrogen) atoms. The Balaban J connectivity index is 1.58. The highest BCUT2D eigenvalue weighted by Gasteiger charge is 2.12. The lowest BCUT2D eigenvalue weighted by molar-refractivity contribution is 0.102. The molecule has 0 fully saturated rings. The Morgan fingerprint density at radius 3 is 2.48 bits per heavy atom. The number of methoxy groups -OCH3 is 2. The van der Waals surface area contributed by atoms with Gasteiger partial charge in [-0.2, -0.15) is 0 Å². The zero-order valence-electron chi connectivity index (χ0n) is 16.7. The summed E-state index contributed by atoms with van der Waals surface area (Å²) in [5.74, 6) is 1.71. The van der Waals surface area contributed by atoms with E-state index in [0.717, 1.165) is 23.3 Å². The standard InChI is InChI=1S/C22H24N4O3/c1-15-8-10-20(29-3)18(14-15)24-22(27)17-9-11-21(26-25-17)23-13-12-16-6-4-5-7-19(16)28-2/h4-11,14H,12-13H2,1-3H3,(H,23,26)(H,24,27). The number of carbonyl (C=O) groups excluding carboxylic acids is 1. The molecule has 1 aromatic heterocycles. The molecule has 150 valence electrons. The van der Waals surface area contributed by atoms with Gasteiger partial charge in [-0.1, -0.05) is 24.3 Å². The molecule has 2 aromatic carbocycles. The van der Waals surface area contributed by atoms with Gasteiger partial charge in [0.25, 0.3) is 5.91 Å². The Morgan fingerprint density at radius 2 is 1.76 bits per heavy atom. The van der Waals surface area contributed by atoms with Gasteiger partial charge in [-0.3, -0.25) is 4.79 Å². The van der Waals surface area contributed by atoms with E-state index in [9.17, 15) is 4.79 Å². The lowest BCUT2D eigenvalue weighted by atomic mass is 10.1. The molecule has 0 saturated heterocycles. The summed E-state index contributed by atoms with van der Waals surface area (Å²) in [4.78, 5) is 12.5. The van der Waals surface area contributed by atoms with Gasteiger partial charge in [0.05, 0.1) is 19.9 Å². The van der Waals surface area contributed by atoms with Crippen LogP contribution in [0.5, 0.6) is 11.5 Å². The summed E-state index contributed by atoms with van der Waals surface area (Å²) >= 11 is 0. The number of hydrogen-bond acceptors (Lipinski definition) is 6. The van der Waals surface area contributed by atoms with Crippen molar-refractivity contribution in [2.75, 3.05) is 31.4 Å². The lowest BCUT2D eigenvalue weighted by Crippen LogP contribution is -2.16. The maximum Gasteiger partial charge on any atom is 0.276 e. The number of nitrogens with zero attached hydrogens (tertiary/aromatic N) is 2. The summed E-state index contributed by atoms with van der Waals surface area (Å²) < 4.78 is 10.6. The van der Waals surface area contributed by atoms with Crippen molar-refractivity contribution in [1.82, 2.24) is 10.2 Å². The minimum atomic E-state index is -0.345. The maximum atomic E-state index is 12.5. The quantitative estimate of drug-likeness (QED) is 0.608. The zero-order valence-corrected chi connectivity index (χ0v) is 16.7. The van der Waals surface area contributed by atoms with Gasteiger partial charge in [0.1, 0.15) is 17.3 Å². The van der Waals surface area contributed by atoms with E-state index in [2.05, 4.69) is 20.8 Å². The normalized spacial score (nSPS) is 10.3. The second-order valence-electron chi connectivity index (χ2n) is 6.45. The minimum Gasteiger partial charge on any atom is -0.496 e. The molecular formula is C22H24N4O3. The third kappa shape index (κ3) is 5.22. The van der Waals surface area contributed by atoms with E-state index in [1.54, 1.807) is 26.4 Å². The van der Waals surface area contributed by atoms with Crippen molar-refractivity contribution in [3.05, 3.63) is 71.4 Å². The van der Waals surface area contributed by atoms with E-state index in [1.807, 2.05) is 49.4 Å². The Labute approximate surface area is 170 Å². The highest BCUT2D eigenvalue weighted by molar-refractivity contribution is 6.03. The number of carbonyl (C=O) groups is 1. The number of nitrogens with one attached hydrogen (secondary N) is 2. The van der Waals surface area contributed by atoms with Crippen molar-refractivity contribution in [3.63, 3.8) is 0 Å². The maximum absolute atomic E-state index is 12.5. The summed E-state index contributed by atoms with van der Waals surface area (Å²) in [5.41, 5.74) is 2.95. The fourth-order valence-electron chi connectivity index (χ4n) is 2.89. The lowest BCUT2D eigenvalue weighted by Gasteiger charge is -2.11. The van der Waals surface area contributed by atoms with Crippen molar-refractivity contribution < 1.29 is 14.3 Å². The molecule has 7 heteroatoms. The molecule has 0 saturated carbocycles. The van der Waals surface area contributed by atoms with Gasteiger partial charge in [-0.15, -0.1) is 10.2 Å². The zero-order chi connectivity index (χ0) is 20.6. The molecular weight excluding hydrogens is 368 g/mol. The van der Waals surface area contributed by atoms with Gasteiger partial charge in [0.15, 0.2) is 5.69 Å². The Hall–Kier alpha value is -3.61. The average molecular weight is 392 g/mol. The SMILES string of the molecule is COc1ccccc1CCNc1ccc(C(=O)Nc2cc(C)ccc2OC)nn1. The predicted octanol–water partition coefficient (Wildman–Crippen LogP) is 3.71. The molecule has 0 spiro atoms. The van der Waals surface area contributed by atoms with Crippen LogP contribution in [0.15, 0.2) is 54.6 Å². The van der Waals surface area contributed by atoms with Gasteiger partial charge < -0.3 is 20.1 Å². The van der Waals surface area contributed by atoms with Gasteiger partial charge in [-0.05, 0) is 54.8 Å². The number of para-hydroxylation sites is 1. The van der Waals surface area contributed by atoms with E-state index in [4.69, 9.17) is 9.47 Å². The number of aromatic nitrogens is 2. The fourth-order valence-corrected chi connectivity index (χ4v) is 2.89. The molecule has 0 aliphatic rings. The summed E-state index contributed by atoms with van der Waals surface area (Å²) in [6, 6.07) is 16.8. The van der Waals surface area contributed by atoms with Crippen molar-refractivity contribution >= 4 is 17.4 Å². The summed E-state index contributed by atoms with van der Waals surface area (Å²) in [5, 5.41) is 14.1. The van der Waals surface area contributed by atoms with E-state index in [-0.39, 0.29) is 11.6 Å². The predicted molar refractivity (Wildman–Crippen MR) is 113 cm³/mol. The number of anilines is 2. The van der Waals surface area contributed by atoms with Crippen LogP contribution in [0, 0.1) is 6.92 Å². The molecule has 1 amide bonds. The third-order valence-electron chi connectivity index (χ3n) is 4.39. The molecule has 7 nitrogen and oxygen atoms in total. The molecule has 0 bridgehead atoms. The smallest absolute Gasteiger partial charge is 0.276 e. The molecule has 3 rings (SSSR count). The van der Waals surface area contributed by atoms with E-state index < -0.39 is 0 Å². The van der Waals surface area contributed by atoms with Crippen LogP contribution in [0.25, 0.3) is 0 Å². The monoisotopic (exact) mass is 392 g/mol. The van der Waals surface area contributed by atoms with E-state index in [0.29, 0.717) is 23.8 Å². The highest BCUT2D eigenvalue weighted by atomic mass is 16.5. The van der Waals surface area contributed by atoms with Crippen LogP contribution >= 0.6 is 0 Å². The third-order valence-corrected chi connectivity index (χ3v) is 4.39. The van der Waals surface area contributed by atoms with Crippen molar-refractivity contribution in [2.45, 2.75) is 13.3 Å². The van der Waals surface area contributed by atoms with Crippen molar-refractivity contribution in [1.29, 1.82) is 0 Å². The summed E-state index contributed by atoms with van der Waals surface area (Å²) in [6.07, 6.45) is 0.779. The van der Waals surface area contributed by atoms with E-state index in [1.165, 1.54) is 0 Å². The van der Waals surface area contributed by atoms with Crippen LogP contribution in [0.1, 0.15) is 21.6 Å².